The van der Waals surface area contributed by atoms with Gasteiger partial charge in [-0.05, 0) is 38.5 Å². The highest BCUT2D eigenvalue weighted by molar-refractivity contribution is 5.70. The maximum atomic E-state index is 12.7. The van der Waals surface area contributed by atoms with Crippen molar-refractivity contribution in [2.45, 2.75) is 264 Å². The number of aliphatic carboxylic acids is 1. The van der Waals surface area contributed by atoms with Gasteiger partial charge in [0.25, 0.3) is 0 Å². The summed E-state index contributed by atoms with van der Waals surface area (Å²) in [6, 6.07) is -0.724. The van der Waals surface area contributed by atoms with E-state index in [1.807, 2.05) is 0 Å². The maximum Gasteiger partial charge on any atom is 0.306 e. The second-order valence-electron chi connectivity index (χ2n) is 18.8. The summed E-state index contributed by atoms with van der Waals surface area (Å²) in [5, 5.41) is 11.6. The second kappa shape index (κ2) is 43.7. The number of nitrogens with zero attached hydrogens (tertiary/aromatic N) is 1. The van der Waals surface area contributed by atoms with Crippen LogP contribution in [0.2, 0.25) is 0 Å². The van der Waals surface area contributed by atoms with E-state index in [9.17, 15) is 19.5 Å². The van der Waals surface area contributed by atoms with E-state index in [0.29, 0.717) is 12.8 Å². The predicted octanol–water partition coefficient (Wildman–Crippen LogP) is 13.3. The number of esters is 2. The summed E-state index contributed by atoms with van der Waals surface area (Å²) in [7, 11) is 5.42. The second-order valence-corrected chi connectivity index (χ2v) is 18.8. The molecule has 0 heterocycles. The van der Waals surface area contributed by atoms with Gasteiger partial charge in [0.05, 0.1) is 40.3 Å². The largest absolute Gasteiger partial charge is 0.544 e. The van der Waals surface area contributed by atoms with Gasteiger partial charge in [0.15, 0.2) is 6.10 Å². The first-order chi connectivity index (χ1) is 29.1. The summed E-state index contributed by atoms with van der Waals surface area (Å²) in [5.74, 6) is -1.74. The zero-order valence-corrected chi connectivity index (χ0v) is 40.4. The molecular weight excluding hydrogens is 751 g/mol. The molecule has 0 aromatic heterocycles. The van der Waals surface area contributed by atoms with Gasteiger partial charge in [-0.1, -0.05) is 206 Å². The van der Waals surface area contributed by atoms with Crippen LogP contribution in [0.1, 0.15) is 251 Å². The van der Waals surface area contributed by atoms with Crippen LogP contribution >= 0.6 is 0 Å². The van der Waals surface area contributed by atoms with Gasteiger partial charge in [-0.3, -0.25) is 9.59 Å². The van der Waals surface area contributed by atoms with Crippen molar-refractivity contribution in [1.82, 2.24) is 0 Å². The van der Waals surface area contributed by atoms with Crippen molar-refractivity contribution in [3.8, 4) is 0 Å². The average molecular weight is 850 g/mol. The fraction of sp³-hybridized carbons (Fsp3) is 0.904. The molecule has 60 heavy (non-hydrogen) atoms. The van der Waals surface area contributed by atoms with Crippen molar-refractivity contribution in [2.24, 2.45) is 0 Å². The topological polar surface area (TPSA) is 102 Å². The Morgan fingerprint density at radius 1 is 0.483 bits per heavy atom. The monoisotopic (exact) mass is 850 g/mol. The number of unbranched alkanes of at least 4 members (excludes halogenated alkanes) is 31. The Morgan fingerprint density at radius 3 is 1.22 bits per heavy atom. The molecule has 0 saturated heterocycles. The van der Waals surface area contributed by atoms with Crippen LogP contribution < -0.4 is 5.11 Å². The average Bonchev–Trinajstić information content (AvgIpc) is 3.21. The molecule has 0 aromatic carbocycles. The van der Waals surface area contributed by atoms with E-state index in [-0.39, 0.29) is 42.7 Å². The highest BCUT2D eigenvalue weighted by Gasteiger charge is 2.25. The highest BCUT2D eigenvalue weighted by atomic mass is 16.6. The van der Waals surface area contributed by atoms with Gasteiger partial charge in [0.1, 0.15) is 12.6 Å². The van der Waals surface area contributed by atoms with Crippen molar-refractivity contribution in [3.05, 3.63) is 12.2 Å². The first-order valence-electron chi connectivity index (χ1n) is 25.7. The summed E-state index contributed by atoms with van der Waals surface area (Å²) in [5.41, 5.74) is 0. The van der Waals surface area contributed by atoms with E-state index in [0.717, 1.165) is 51.4 Å². The number of carbonyl (C=O) groups is 3. The molecule has 0 fully saturated rings. The van der Waals surface area contributed by atoms with Crippen LogP contribution in [0, 0.1) is 0 Å². The van der Waals surface area contributed by atoms with E-state index in [1.54, 1.807) is 21.1 Å². The Bertz CT molecular complexity index is 993. The molecule has 0 aromatic rings. The van der Waals surface area contributed by atoms with Gasteiger partial charge in [0, 0.05) is 19.3 Å². The van der Waals surface area contributed by atoms with Crippen molar-refractivity contribution in [1.29, 1.82) is 0 Å². The number of carboxylic acids is 1. The van der Waals surface area contributed by atoms with Crippen molar-refractivity contribution in [2.75, 3.05) is 41.0 Å². The number of carboxylic acid groups (broad SMARTS) is 1. The Kier molecular flexibility index (Phi) is 42.3. The molecule has 0 aliphatic heterocycles. The third kappa shape index (κ3) is 41.4. The molecule has 0 radical (unpaired) electrons. The van der Waals surface area contributed by atoms with Crippen LogP contribution in [0.4, 0.5) is 0 Å². The Morgan fingerprint density at radius 2 is 0.833 bits per heavy atom. The quantitative estimate of drug-likeness (QED) is 0.0260. The summed E-state index contributed by atoms with van der Waals surface area (Å²) >= 11 is 0. The molecule has 354 valence electrons. The lowest BCUT2D eigenvalue weighted by Crippen LogP contribution is -2.55. The number of carbonyl (C=O) groups excluding carboxylic acids is 3. The van der Waals surface area contributed by atoms with E-state index in [2.05, 4.69) is 26.0 Å². The number of hydrogen-bond donors (Lipinski definition) is 0. The molecule has 2 unspecified atom stereocenters. The summed E-state index contributed by atoms with van der Waals surface area (Å²) < 4.78 is 17.2. The Hall–Kier alpha value is -1.93. The van der Waals surface area contributed by atoms with E-state index >= 15 is 0 Å². The maximum absolute atomic E-state index is 12.7. The van der Waals surface area contributed by atoms with Crippen LogP contribution in [0.25, 0.3) is 0 Å². The molecule has 0 saturated carbocycles. The predicted molar refractivity (Wildman–Crippen MR) is 250 cm³/mol. The number of rotatable bonds is 47. The zero-order valence-electron chi connectivity index (χ0n) is 40.4. The first kappa shape index (κ1) is 58.1. The number of ether oxygens (including phenoxy) is 3. The normalized spacial score (nSPS) is 12.9. The molecule has 0 spiro atoms. The molecule has 0 N–H and O–H groups in total. The standard InChI is InChI=1S/C52H99NO7/c1-6-8-10-12-14-16-18-20-22-23-24-25-26-27-28-29-31-32-34-36-38-40-42-50(54)59-47-48(46-58-45-44-49(52(56)57)53(3,4)5)60-51(55)43-41-39-37-35-33-30-21-19-17-15-13-11-9-7-2/h30,33,48-49H,6-29,31-32,34-47H2,1-5H3/b33-30+. The zero-order chi connectivity index (χ0) is 44.2. The minimum Gasteiger partial charge on any atom is -0.544 e. The number of hydrogen-bond acceptors (Lipinski definition) is 7. The van der Waals surface area contributed by atoms with Crippen molar-refractivity contribution >= 4 is 17.9 Å². The lowest BCUT2D eigenvalue weighted by Gasteiger charge is -2.34. The molecule has 8 heteroatoms. The van der Waals surface area contributed by atoms with E-state index < -0.39 is 18.1 Å². The molecule has 0 aliphatic rings. The number of likely N-dealkylation sites (N-methyl/N-ethyl adjacent to an activating group) is 1. The summed E-state index contributed by atoms with van der Waals surface area (Å²) in [6.45, 7) is 4.69. The van der Waals surface area contributed by atoms with Crippen molar-refractivity contribution < 1.29 is 38.2 Å². The van der Waals surface area contributed by atoms with Crippen LogP contribution in [0.15, 0.2) is 12.2 Å². The lowest BCUT2D eigenvalue weighted by atomic mass is 10.0. The van der Waals surface area contributed by atoms with Crippen LogP contribution in [-0.2, 0) is 28.6 Å². The van der Waals surface area contributed by atoms with Gasteiger partial charge < -0.3 is 28.6 Å². The Balaban J connectivity index is 4.17. The van der Waals surface area contributed by atoms with Gasteiger partial charge >= 0.3 is 11.9 Å². The van der Waals surface area contributed by atoms with Gasteiger partial charge in [0.2, 0.25) is 0 Å². The van der Waals surface area contributed by atoms with E-state index in [1.165, 1.54) is 167 Å². The molecular formula is C52H99NO7. The molecule has 0 bridgehead atoms. The molecule has 8 nitrogen and oxygen atoms in total. The minimum atomic E-state index is -1.12. The van der Waals surface area contributed by atoms with Crippen molar-refractivity contribution in [3.63, 3.8) is 0 Å². The van der Waals surface area contributed by atoms with E-state index in [4.69, 9.17) is 14.2 Å². The molecule has 0 aliphatic carbocycles. The third-order valence-corrected chi connectivity index (χ3v) is 11.9. The first-order valence-corrected chi connectivity index (χ1v) is 25.7. The lowest BCUT2D eigenvalue weighted by molar-refractivity contribution is -0.889. The minimum absolute atomic E-state index is 0.0405. The summed E-state index contributed by atoms with van der Waals surface area (Å²) in [4.78, 5) is 37.0. The molecule has 0 amide bonds. The molecule has 2 atom stereocenters. The van der Waals surface area contributed by atoms with Crippen LogP contribution in [0.3, 0.4) is 0 Å². The highest BCUT2D eigenvalue weighted by Crippen LogP contribution is 2.17. The van der Waals surface area contributed by atoms with Crippen LogP contribution in [-0.4, -0.2) is 75.5 Å². The van der Waals surface area contributed by atoms with Gasteiger partial charge in [-0.15, -0.1) is 0 Å². The fourth-order valence-electron chi connectivity index (χ4n) is 7.89. The Labute approximate surface area is 371 Å². The number of quaternary nitrogens is 1. The van der Waals surface area contributed by atoms with Crippen LogP contribution in [0.5, 0.6) is 0 Å². The third-order valence-electron chi connectivity index (χ3n) is 11.9. The smallest absolute Gasteiger partial charge is 0.306 e. The fourth-order valence-corrected chi connectivity index (χ4v) is 7.89. The van der Waals surface area contributed by atoms with Gasteiger partial charge in [-0.25, -0.2) is 0 Å². The number of allylic oxidation sites excluding steroid dienone is 2. The SMILES string of the molecule is CCCCCCCCC/C=C/CCCCCC(=O)OC(COCCC(C(=O)[O-])[N+](C)(C)C)COC(=O)CCCCCCCCCCCCCCCCCCCCCCCC. The summed E-state index contributed by atoms with van der Waals surface area (Å²) in [6.07, 6.45) is 48.2. The molecule has 0 rings (SSSR count). The van der Waals surface area contributed by atoms with Gasteiger partial charge in [-0.2, -0.15) is 0 Å².